The van der Waals surface area contributed by atoms with Crippen molar-refractivity contribution in [3.8, 4) is 0 Å². The highest BCUT2D eigenvalue weighted by Crippen LogP contribution is 2.20. The average Bonchev–Trinajstić information content (AvgIpc) is 3.13. The van der Waals surface area contributed by atoms with Crippen LogP contribution < -0.4 is 21.9 Å². The summed E-state index contributed by atoms with van der Waals surface area (Å²) in [6, 6.07) is 11.1. The van der Waals surface area contributed by atoms with E-state index in [9.17, 15) is 19.2 Å². The van der Waals surface area contributed by atoms with E-state index in [1.165, 1.54) is 33.2 Å². The monoisotopic (exact) mass is 494 g/mol. The first-order chi connectivity index (χ1) is 16.7. The Morgan fingerprint density at radius 2 is 1.91 bits per heavy atom. The fourth-order valence-corrected chi connectivity index (χ4v) is 3.87. The maximum absolute atomic E-state index is 13.3. The van der Waals surface area contributed by atoms with Crippen LogP contribution in [0.4, 0.5) is 5.69 Å². The third kappa shape index (κ3) is 4.60. The van der Waals surface area contributed by atoms with E-state index in [1.807, 2.05) is 13.8 Å². The van der Waals surface area contributed by atoms with Crippen molar-refractivity contribution in [3.63, 3.8) is 0 Å². The fourth-order valence-electron chi connectivity index (χ4n) is 3.69. The van der Waals surface area contributed by atoms with Crippen LogP contribution in [0.2, 0.25) is 5.02 Å². The van der Waals surface area contributed by atoms with Crippen molar-refractivity contribution in [2.75, 3.05) is 5.32 Å². The molecule has 10 nitrogen and oxygen atoms in total. The number of halogens is 1. The summed E-state index contributed by atoms with van der Waals surface area (Å²) in [4.78, 5) is 51.7. The van der Waals surface area contributed by atoms with Gasteiger partial charge in [-0.2, -0.15) is 0 Å². The first-order valence-electron chi connectivity index (χ1n) is 10.8. The maximum atomic E-state index is 13.3. The largest absolute Gasteiger partial charge is 0.352 e. The second kappa shape index (κ2) is 9.59. The van der Waals surface area contributed by atoms with Crippen molar-refractivity contribution in [1.29, 1.82) is 0 Å². The van der Waals surface area contributed by atoms with E-state index < -0.39 is 23.7 Å². The molecule has 2 amide bonds. The highest BCUT2D eigenvalue weighted by Gasteiger charge is 2.20. The van der Waals surface area contributed by atoms with Crippen molar-refractivity contribution in [1.82, 2.24) is 24.1 Å². The van der Waals surface area contributed by atoms with E-state index in [-0.39, 0.29) is 40.7 Å². The number of fused-ring (bicyclic) bond motifs is 3. The molecule has 4 aromatic rings. The number of anilines is 1. The smallest absolute Gasteiger partial charge is 0.350 e. The van der Waals surface area contributed by atoms with Crippen molar-refractivity contribution in [2.45, 2.75) is 33.0 Å². The van der Waals surface area contributed by atoms with Gasteiger partial charge in [0.05, 0.1) is 21.6 Å². The zero-order chi connectivity index (χ0) is 25.3. The number of para-hydroxylation sites is 1. The van der Waals surface area contributed by atoms with Gasteiger partial charge in [-0.3, -0.25) is 19.0 Å². The Labute approximate surface area is 204 Å². The van der Waals surface area contributed by atoms with Gasteiger partial charge >= 0.3 is 5.69 Å². The minimum atomic E-state index is -0.640. The minimum Gasteiger partial charge on any atom is -0.350 e. The second-order valence-corrected chi connectivity index (χ2v) is 8.58. The van der Waals surface area contributed by atoms with Crippen LogP contribution in [-0.4, -0.2) is 36.6 Å². The standard InChI is InChI=1S/C24H23ClN6O4/c1-4-11-29-22(34)16-10-9-15(21(33)26-14(2)3)12-19(16)31-23(29)28-30(24(31)35)13-20(32)27-18-8-6-5-7-17(18)25/h4-10,12,14H,1,11,13H2,2-3H3,(H,26,33)(H,27,32). The third-order valence-electron chi connectivity index (χ3n) is 5.21. The topological polar surface area (TPSA) is 120 Å². The molecule has 180 valence electrons. The molecule has 11 heteroatoms. The molecule has 0 aliphatic rings. The molecular formula is C24H23ClN6O4. The highest BCUT2D eigenvalue weighted by atomic mass is 35.5. The number of nitrogens with one attached hydrogen (secondary N) is 2. The van der Waals surface area contributed by atoms with Crippen LogP contribution in [0.3, 0.4) is 0 Å². The second-order valence-electron chi connectivity index (χ2n) is 8.17. The molecule has 2 aromatic heterocycles. The van der Waals surface area contributed by atoms with Crippen LogP contribution in [-0.2, 0) is 17.9 Å². The van der Waals surface area contributed by atoms with Crippen LogP contribution in [0.15, 0.2) is 64.7 Å². The van der Waals surface area contributed by atoms with E-state index >= 15 is 0 Å². The van der Waals surface area contributed by atoms with Gasteiger partial charge in [0, 0.05) is 18.2 Å². The van der Waals surface area contributed by atoms with Gasteiger partial charge in [-0.05, 0) is 44.2 Å². The van der Waals surface area contributed by atoms with Crippen LogP contribution in [0, 0.1) is 0 Å². The van der Waals surface area contributed by atoms with E-state index in [0.717, 1.165) is 4.68 Å². The minimum absolute atomic E-state index is 0.0272. The molecule has 0 radical (unpaired) electrons. The van der Waals surface area contributed by atoms with Gasteiger partial charge in [0.2, 0.25) is 11.7 Å². The molecule has 0 fully saturated rings. The lowest BCUT2D eigenvalue weighted by atomic mass is 10.1. The van der Waals surface area contributed by atoms with Crippen molar-refractivity contribution >= 4 is 45.8 Å². The molecule has 0 saturated heterocycles. The predicted molar refractivity (Wildman–Crippen MR) is 134 cm³/mol. The van der Waals surface area contributed by atoms with Gasteiger partial charge in [-0.15, -0.1) is 11.7 Å². The number of rotatable bonds is 7. The molecule has 0 bridgehead atoms. The molecule has 2 N–H and O–H groups in total. The number of amides is 2. The quantitative estimate of drug-likeness (QED) is 0.382. The van der Waals surface area contributed by atoms with Gasteiger partial charge in [-0.1, -0.05) is 29.8 Å². The first kappa shape index (κ1) is 24.0. The third-order valence-corrected chi connectivity index (χ3v) is 5.54. The van der Waals surface area contributed by atoms with Gasteiger partial charge in [0.1, 0.15) is 6.54 Å². The number of benzene rings is 2. The summed E-state index contributed by atoms with van der Waals surface area (Å²) in [6.07, 6.45) is 1.51. The predicted octanol–water partition coefficient (Wildman–Crippen LogP) is 2.43. The molecule has 2 heterocycles. The van der Waals surface area contributed by atoms with E-state index in [4.69, 9.17) is 11.6 Å². The van der Waals surface area contributed by atoms with Crippen LogP contribution in [0.5, 0.6) is 0 Å². The van der Waals surface area contributed by atoms with Crippen molar-refractivity contribution in [2.24, 2.45) is 0 Å². The summed E-state index contributed by atoms with van der Waals surface area (Å²) >= 11 is 6.09. The van der Waals surface area contributed by atoms with Crippen molar-refractivity contribution in [3.05, 3.63) is 86.5 Å². The molecule has 0 aliphatic heterocycles. The zero-order valence-corrected chi connectivity index (χ0v) is 19.9. The fraction of sp³-hybridized carbons (Fsp3) is 0.208. The lowest BCUT2D eigenvalue weighted by Gasteiger charge is -2.11. The number of hydrogen-bond acceptors (Lipinski definition) is 5. The molecule has 0 spiro atoms. The summed E-state index contributed by atoms with van der Waals surface area (Å²) in [5.74, 6) is -0.841. The number of carbonyl (C=O) groups is 2. The summed E-state index contributed by atoms with van der Waals surface area (Å²) in [6.45, 7) is 7.00. The molecule has 0 saturated carbocycles. The van der Waals surface area contributed by atoms with Gasteiger partial charge in [0.25, 0.3) is 11.5 Å². The molecule has 2 aromatic carbocycles. The molecule has 0 unspecified atom stereocenters. The Kier molecular flexibility index (Phi) is 6.57. The van der Waals surface area contributed by atoms with E-state index in [1.54, 1.807) is 24.3 Å². The Morgan fingerprint density at radius 3 is 2.60 bits per heavy atom. The van der Waals surface area contributed by atoms with Crippen molar-refractivity contribution < 1.29 is 9.59 Å². The number of hydrogen-bond donors (Lipinski definition) is 2. The summed E-state index contributed by atoms with van der Waals surface area (Å²) in [5.41, 5.74) is -0.154. The van der Waals surface area contributed by atoms with Crippen LogP contribution in [0.25, 0.3) is 16.7 Å². The van der Waals surface area contributed by atoms with Gasteiger partial charge in [0.15, 0.2) is 0 Å². The lowest BCUT2D eigenvalue weighted by Crippen LogP contribution is -2.31. The molecule has 35 heavy (non-hydrogen) atoms. The summed E-state index contributed by atoms with van der Waals surface area (Å²) in [7, 11) is 0. The highest BCUT2D eigenvalue weighted by molar-refractivity contribution is 6.33. The molecule has 0 aliphatic carbocycles. The van der Waals surface area contributed by atoms with Gasteiger partial charge < -0.3 is 10.6 Å². The molecular weight excluding hydrogens is 472 g/mol. The Hall–Kier alpha value is -4.18. The van der Waals surface area contributed by atoms with Gasteiger partial charge in [-0.25, -0.2) is 13.9 Å². The normalized spacial score (nSPS) is 11.2. The Balaban J connectivity index is 1.85. The molecule has 0 atom stereocenters. The Bertz CT molecular complexity index is 1600. The number of carbonyl (C=O) groups excluding carboxylic acids is 2. The molecule has 4 rings (SSSR count). The average molecular weight is 495 g/mol. The Morgan fingerprint density at radius 1 is 1.17 bits per heavy atom. The van der Waals surface area contributed by atoms with Crippen LogP contribution >= 0.6 is 11.6 Å². The lowest BCUT2D eigenvalue weighted by molar-refractivity contribution is -0.117. The summed E-state index contributed by atoms with van der Waals surface area (Å²) < 4.78 is 3.46. The van der Waals surface area contributed by atoms with Crippen LogP contribution in [0.1, 0.15) is 24.2 Å². The first-order valence-corrected chi connectivity index (χ1v) is 11.2. The number of aromatic nitrogens is 4. The van der Waals surface area contributed by atoms with E-state index in [2.05, 4.69) is 22.3 Å². The SMILES string of the molecule is C=CCn1c(=O)c2ccc(C(=O)NC(C)C)cc2n2c(=O)n(CC(=O)Nc3ccccc3Cl)nc12. The van der Waals surface area contributed by atoms with E-state index in [0.29, 0.717) is 10.7 Å². The zero-order valence-electron chi connectivity index (χ0n) is 19.1. The summed E-state index contributed by atoms with van der Waals surface area (Å²) in [5, 5.41) is 10.3. The maximum Gasteiger partial charge on any atom is 0.352 e. The number of nitrogens with zero attached hydrogens (tertiary/aromatic N) is 4. The number of allylic oxidation sites excluding steroid dienone is 1.